The Hall–Kier alpha value is -2.50. The van der Waals surface area contributed by atoms with E-state index in [9.17, 15) is 4.79 Å². The SMILES string of the molecule is O=C(COc1ccccc1)Nc1cnn(Cc2c(Cl)cccc2Cl)c1. The smallest absolute Gasteiger partial charge is 0.262 e. The van der Waals surface area contributed by atoms with Crippen molar-refractivity contribution in [1.29, 1.82) is 0 Å². The van der Waals surface area contributed by atoms with Crippen molar-refractivity contribution in [2.75, 3.05) is 11.9 Å². The Balaban J connectivity index is 1.57. The van der Waals surface area contributed by atoms with E-state index >= 15 is 0 Å². The predicted octanol–water partition coefficient (Wildman–Crippen LogP) is 4.26. The van der Waals surface area contributed by atoms with Crippen LogP contribution in [0.3, 0.4) is 0 Å². The maximum Gasteiger partial charge on any atom is 0.262 e. The highest BCUT2D eigenvalue weighted by Crippen LogP contribution is 2.25. The van der Waals surface area contributed by atoms with Crippen LogP contribution < -0.4 is 10.1 Å². The van der Waals surface area contributed by atoms with Crippen LogP contribution in [-0.2, 0) is 11.3 Å². The highest BCUT2D eigenvalue weighted by Gasteiger charge is 2.09. The van der Waals surface area contributed by atoms with Crippen LogP contribution in [0.1, 0.15) is 5.56 Å². The molecule has 5 nitrogen and oxygen atoms in total. The fraction of sp³-hybridized carbons (Fsp3) is 0.111. The van der Waals surface area contributed by atoms with Crippen molar-refractivity contribution in [3.63, 3.8) is 0 Å². The number of rotatable bonds is 6. The van der Waals surface area contributed by atoms with Gasteiger partial charge < -0.3 is 10.1 Å². The van der Waals surface area contributed by atoms with Crippen LogP contribution in [0, 0.1) is 0 Å². The second kappa shape index (κ2) is 8.05. The topological polar surface area (TPSA) is 56.1 Å². The molecule has 0 spiro atoms. The van der Waals surface area contributed by atoms with Gasteiger partial charge in [-0.05, 0) is 24.3 Å². The lowest BCUT2D eigenvalue weighted by Crippen LogP contribution is -2.19. The molecule has 0 saturated carbocycles. The van der Waals surface area contributed by atoms with Crippen molar-refractivity contribution in [2.45, 2.75) is 6.54 Å². The summed E-state index contributed by atoms with van der Waals surface area (Å²) in [6.07, 6.45) is 3.27. The fourth-order valence-electron chi connectivity index (χ4n) is 2.22. The van der Waals surface area contributed by atoms with Gasteiger partial charge in [0.2, 0.25) is 0 Å². The molecule has 1 heterocycles. The van der Waals surface area contributed by atoms with Crippen molar-refractivity contribution in [2.24, 2.45) is 0 Å². The zero-order valence-corrected chi connectivity index (χ0v) is 14.7. The van der Waals surface area contributed by atoms with Gasteiger partial charge in [-0.3, -0.25) is 9.48 Å². The van der Waals surface area contributed by atoms with Crippen LogP contribution in [0.15, 0.2) is 60.9 Å². The van der Waals surface area contributed by atoms with Crippen LogP contribution in [0.5, 0.6) is 5.75 Å². The van der Waals surface area contributed by atoms with E-state index < -0.39 is 0 Å². The molecule has 0 aliphatic carbocycles. The number of amides is 1. The molecule has 0 aliphatic rings. The number of carbonyl (C=O) groups excluding carboxylic acids is 1. The third-order valence-electron chi connectivity index (χ3n) is 3.41. The van der Waals surface area contributed by atoms with Gasteiger partial charge in [0.05, 0.1) is 18.4 Å². The molecule has 25 heavy (non-hydrogen) atoms. The van der Waals surface area contributed by atoms with Gasteiger partial charge in [0.1, 0.15) is 5.75 Å². The van der Waals surface area contributed by atoms with E-state index in [1.807, 2.05) is 18.2 Å². The first kappa shape index (κ1) is 17.3. The first-order valence-electron chi connectivity index (χ1n) is 7.55. The summed E-state index contributed by atoms with van der Waals surface area (Å²) in [6.45, 7) is 0.334. The number of hydrogen-bond donors (Lipinski definition) is 1. The molecule has 0 saturated heterocycles. The summed E-state index contributed by atoms with van der Waals surface area (Å²) in [5.41, 5.74) is 1.35. The molecular formula is C18H15Cl2N3O2. The van der Waals surface area contributed by atoms with Crippen LogP contribution in [0.25, 0.3) is 0 Å². The molecular weight excluding hydrogens is 361 g/mol. The van der Waals surface area contributed by atoms with Crippen LogP contribution in [-0.4, -0.2) is 22.3 Å². The number of halogens is 2. The average Bonchev–Trinajstić information content (AvgIpc) is 3.04. The molecule has 0 fully saturated rings. The lowest BCUT2D eigenvalue weighted by Gasteiger charge is -2.07. The molecule has 0 bridgehead atoms. The first-order chi connectivity index (χ1) is 12.1. The Morgan fingerprint density at radius 2 is 1.80 bits per heavy atom. The number of carbonyl (C=O) groups is 1. The van der Waals surface area contributed by atoms with Gasteiger partial charge in [-0.2, -0.15) is 5.10 Å². The standard InChI is InChI=1S/C18H15Cl2N3O2/c19-16-7-4-8-17(20)15(16)11-23-10-13(9-21-23)22-18(24)12-25-14-5-2-1-3-6-14/h1-10H,11-12H2,(H,22,24). The first-order valence-corrected chi connectivity index (χ1v) is 8.30. The van der Waals surface area contributed by atoms with E-state index in [2.05, 4.69) is 10.4 Å². The molecule has 2 aromatic carbocycles. The van der Waals surface area contributed by atoms with Crippen LogP contribution >= 0.6 is 23.2 Å². The molecule has 3 rings (SSSR count). The van der Waals surface area contributed by atoms with E-state index in [1.54, 1.807) is 47.4 Å². The monoisotopic (exact) mass is 375 g/mol. The van der Waals surface area contributed by atoms with Crippen molar-refractivity contribution >= 4 is 34.8 Å². The van der Waals surface area contributed by atoms with Crippen molar-refractivity contribution < 1.29 is 9.53 Å². The lowest BCUT2D eigenvalue weighted by molar-refractivity contribution is -0.118. The lowest BCUT2D eigenvalue weighted by atomic mass is 10.2. The molecule has 0 aliphatic heterocycles. The highest BCUT2D eigenvalue weighted by molar-refractivity contribution is 6.35. The van der Waals surface area contributed by atoms with E-state index in [-0.39, 0.29) is 12.5 Å². The maximum absolute atomic E-state index is 11.9. The Bertz CT molecular complexity index is 846. The Morgan fingerprint density at radius 3 is 2.52 bits per heavy atom. The van der Waals surface area contributed by atoms with Gasteiger partial charge in [-0.15, -0.1) is 0 Å². The van der Waals surface area contributed by atoms with Crippen molar-refractivity contribution in [3.05, 3.63) is 76.5 Å². The molecule has 0 radical (unpaired) electrons. The number of ether oxygens (including phenoxy) is 1. The number of hydrogen-bond acceptors (Lipinski definition) is 3. The molecule has 7 heteroatoms. The number of anilines is 1. The number of para-hydroxylation sites is 1. The van der Waals surface area contributed by atoms with Crippen LogP contribution in [0.4, 0.5) is 5.69 Å². The average molecular weight is 376 g/mol. The third-order valence-corrected chi connectivity index (χ3v) is 4.12. The second-order valence-electron chi connectivity index (χ2n) is 5.28. The van der Waals surface area contributed by atoms with E-state index in [0.29, 0.717) is 28.0 Å². The molecule has 1 aromatic heterocycles. The maximum atomic E-state index is 11.9. The summed E-state index contributed by atoms with van der Waals surface area (Å²) in [5.74, 6) is 0.376. The van der Waals surface area contributed by atoms with E-state index in [0.717, 1.165) is 5.56 Å². The summed E-state index contributed by atoms with van der Waals surface area (Å²) in [6, 6.07) is 14.5. The van der Waals surface area contributed by atoms with E-state index in [1.165, 1.54) is 0 Å². The minimum absolute atomic E-state index is 0.0778. The number of aromatic nitrogens is 2. The predicted molar refractivity (Wildman–Crippen MR) is 98.4 cm³/mol. The van der Waals surface area contributed by atoms with Gasteiger partial charge in [0.15, 0.2) is 6.61 Å². The van der Waals surface area contributed by atoms with Crippen molar-refractivity contribution in [1.82, 2.24) is 9.78 Å². The Kier molecular flexibility index (Phi) is 5.58. The zero-order chi connectivity index (χ0) is 17.6. The van der Waals surface area contributed by atoms with Gasteiger partial charge in [0, 0.05) is 21.8 Å². The molecule has 0 atom stereocenters. The van der Waals surface area contributed by atoms with Crippen molar-refractivity contribution in [3.8, 4) is 5.75 Å². The molecule has 0 unspecified atom stereocenters. The van der Waals surface area contributed by atoms with Crippen LogP contribution in [0.2, 0.25) is 10.0 Å². The summed E-state index contributed by atoms with van der Waals surface area (Å²) in [5, 5.41) is 8.09. The zero-order valence-electron chi connectivity index (χ0n) is 13.2. The number of nitrogens with one attached hydrogen (secondary N) is 1. The van der Waals surface area contributed by atoms with Gasteiger partial charge in [-0.1, -0.05) is 47.5 Å². The molecule has 3 aromatic rings. The minimum Gasteiger partial charge on any atom is -0.484 e. The molecule has 1 N–H and O–H groups in total. The van der Waals surface area contributed by atoms with Gasteiger partial charge in [0.25, 0.3) is 5.91 Å². The Labute approximate surface area is 155 Å². The summed E-state index contributed by atoms with van der Waals surface area (Å²) >= 11 is 12.3. The Morgan fingerprint density at radius 1 is 1.08 bits per heavy atom. The summed E-state index contributed by atoms with van der Waals surface area (Å²) < 4.78 is 7.05. The highest BCUT2D eigenvalue weighted by atomic mass is 35.5. The van der Waals surface area contributed by atoms with E-state index in [4.69, 9.17) is 27.9 Å². The van der Waals surface area contributed by atoms with Gasteiger partial charge >= 0.3 is 0 Å². The quantitative estimate of drug-likeness (QED) is 0.700. The molecule has 1 amide bonds. The summed E-state index contributed by atoms with van der Waals surface area (Å²) in [4.78, 5) is 11.9. The second-order valence-corrected chi connectivity index (χ2v) is 6.09. The fourth-order valence-corrected chi connectivity index (χ4v) is 2.74. The normalized spacial score (nSPS) is 10.5. The summed E-state index contributed by atoms with van der Waals surface area (Å²) in [7, 11) is 0. The third kappa shape index (κ3) is 4.75. The number of nitrogens with zero attached hydrogens (tertiary/aromatic N) is 2. The minimum atomic E-state index is -0.265. The number of benzene rings is 2. The largest absolute Gasteiger partial charge is 0.484 e. The molecule has 128 valence electrons. The van der Waals surface area contributed by atoms with Gasteiger partial charge in [-0.25, -0.2) is 0 Å².